The number of allylic oxidation sites excluding steroid dienone is 7. The molecule has 0 fully saturated rings. The second-order valence-corrected chi connectivity index (χ2v) is 6.31. The molecule has 1 aromatic heterocycles. The highest BCUT2D eigenvalue weighted by Crippen LogP contribution is 2.34. The Kier molecular flexibility index (Phi) is 2.95. The molecule has 0 spiro atoms. The Bertz CT molecular complexity index is 1050. The maximum atomic E-state index is 5.99. The number of hydrogen-bond acceptors (Lipinski definition) is 2. The quantitative estimate of drug-likeness (QED) is 0.646. The van der Waals surface area contributed by atoms with Crippen LogP contribution in [0.1, 0.15) is 0 Å². The molecule has 2 nitrogen and oxygen atoms in total. The molecule has 3 aromatic rings. The fourth-order valence-corrected chi connectivity index (χ4v) is 3.61. The molecule has 0 saturated heterocycles. The number of fused-ring (bicyclic) bond motifs is 4. The fraction of sp³-hybridized carbons (Fsp3) is 0.0909. The highest BCUT2D eigenvalue weighted by molar-refractivity contribution is 6.05. The van der Waals surface area contributed by atoms with E-state index in [1.807, 2.05) is 18.2 Å². The smallest absolute Gasteiger partial charge is 0.137 e. The molecule has 2 heteroatoms. The first-order chi connectivity index (χ1) is 11.9. The molecule has 2 aliphatic carbocycles. The van der Waals surface area contributed by atoms with Crippen molar-refractivity contribution in [3.63, 3.8) is 0 Å². The molecule has 2 aliphatic rings. The first-order valence-electron chi connectivity index (χ1n) is 8.30. The van der Waals surface area contributed by atoms with Gasteiger partial charge in [0.05, 0.1) is 0 Å². The predicted molar refractivity (Wildman–Crippen MR) is 99.8 cm³/mol. The van der Waals surface area contributed by atoms with Gasteiger partial charge >= 0.3 is 0 Å². The van der Waals surface area contributed by atoms with E-state index in [1.165, 1.54) is 11.1 Å². The maximum absolute atomic E-state index is 5.99. The van der Waals surface area contributed by atoms with Crippen LogP contribution in [-0.2, 0) is 0 Å². The van der Waals surface area contributed by atoms with E-state index in [0.717, 1.165) is 22.2 Å². The molecule has 0 saturated carbocycles. The summed E-state index contributed by atoms with van der Waals surface area (Å²) in [5, 5.41) is 5.91. The van der Waals surface area contributed by atoms with Crippen LogP contribution in [0.2, 0.25) is 0 Å². The third kappa shape index (κ3) is 2.11. The highest BCUT2D eigenvalue weighted by Gasteiger charge is 2.22. The third-order valence-electron chi connectivity index (χ3n) is 4.81. The summed E-state index contributed by atoms with van der Waals surface area (Å²) < 4.78 is 5.99. The minimum absolute atomic E-state index is 0.381. The van der Waals surface area contributed by atoms with Gasteiger partial charge in [-0.2, -0.15) is 0 Å². The largest absolute Gasteiger partial charge is 0.456 e. The van der Waals surface area contributed by atoms with Crippen molar-refractivity contribution in [3.8, 4) is 0 Å². The molecule has 0 bridgehead atoms. The zero-order chi connectivity index (χ0) is 15.9. The van der Waals surface area contributed by atoms with Crippen LogP contribution in [0, 0.1) is 11.8 Å². The zero-order valence-corrected chi connectivity index (χ0v) is 13.1. The summed E-state index contributed by atoms with van der Waals surface area (Å²) in [6.07, 6.45) is 15.3. The highest BCUT2D eigenvalue weighted by atomic mass is 16.3. The Balaban J connectivity index is 1.52. The van der Waals surface area contributed by atoms with Crippen LogP contribution < -0.4 is 5.32 Å². The van der Waals surface area contributed by atoms with E-state index in [1.54, 1.807) is 0 Å². The Labute approximate surface area is 140 Å². The number of benzene rings is 2. The Hall–Kier alpha value is -3.00. The molecular weight excluding hydrogens is 294 g/mol. The van der Waals surface area contributed by atoms with E-state index in [2.05, 4.69) is 72.1 Å². The van der Waals surface area contributed by atoms with Crippen LogP contribution in [0.4, 0.5) is 5.69 Å². The Morgan fingerprint density at radius 3 is 2.62 bits per heavy atom. The molecular formula is C22H17NO. The number of hydrogen-bond donors (Lipinski definition) is 1. The van der Waals surface area contributed by atoms with Gasteiger partial charge in [-0.3, -0.25) is 0 Å². The molecule has 116 valence electrons. The monoisotopic (exact) mass is 311 g/mol. The van der Waals surface area contributed by atoms with Gasteiger partial charge in [0.2, 0.25) is 0 Å². The molecule has 24 heavy (non-hydrogen) atoms. The first kappa shape index (κ1) is 13.4. The van der Waals surface area contributed by atoms with Crippen LogP contribution in [0.3, 0.4) is 0 Å². The minimum atomic E-state index is 0.381. The lowest BCUT2D eigenvalue weighted by molar-refractivity contribution is 0.627. The van der Waals surface area contributed by atoms with Crippen LogP contribution in [-0.4, -0.2) is 0 Å². The molecule has 1 heterocycles. The van der Waals surface area contributed by atoms with Gasteiger partial charge in [0.25, 0.3) is 0 Å². The third-order valence-corrected chi connectivity index (χ3v) is 4.81. The van der Waals surface area contributed by atoms with Crippen LogP contribution in [0.5, 0.6) is 0 Å². The molecule has 1 N–H and O–H groups in total. The normalized spacial score (nSPS) is 21.9. The molecule has 0 radical (unpaired) electrons. The summed E-state index contributed by atoms with van der Waals surface area (Å²) in [5.41, 5.74) is 4.14. The number of para-hydroxylation sites is 1. The molecule has 0 amide bonds. The molecule has 2 aromatic carbocycles. The molecule has 0 aliphatic heterocycles. The standard InChI is InChI=1S/C22H17NO/c1-2-8-17-15(6-1)7-5-10-20(17)23-16-12-13-19-18-9-3-4-11-21(18)24-22(19)14-16/h1-15,17,23H. The van der Waals surface area contributed by atoms with Gasteiger partial charge in [-0.25, -0.2) is 0 Å². The minimum Gasteiger partial charge on any atom is -0.456 e. The van der Waals surface area contributed by atoms with Crippen molar-refractivity contribution in [2.24, 2.45) is 11.8 Å². The summed E-state index contributed by atoms with van der Waals surface area (Å²) in [6, 6.07) is 14.5. The Morgan fingerprint density at radius 2 is 1.62 bits per heavy atom. The van der Waals surface area contributed by atoms with Crippen LogP contribution in [0.15, 0.2) is 95.1 Å². The molecule has 2 atom stereocenters. The lowest BCUT2D eigenvalue weighted by Gasteiger charge is -2.27. The van der Waals surface area contributed by atoms with Crippen LogP contribution >= 0.6 is 0 Å². The van der Waals surface area contributed by atoms with Crippen molar-refractivity contribution in [1.82, 2.24) is 0 Å². The van der Waals surface area contributed by atoms with Gasteiger partial charge in [-0.05, 0) is 24.3 Å². The Morgan fingerprint density at radius 1 is 0.792 bits per heavy atom. The number of nitrogens with one attached hydrogen (secondary N) is 1. The van der Waals surface area contributed by atoms with Crippen molar-refractivity contribution in [2.75, 3.05) is 5.32 Å². The summed E-state index contributed by atoms with van der Waals surface area (Å²) in [7, 11) is 0. The number of anilines is 1. The zero-order valence-electron chi connectivity index (χ0n) is 13.1. The fourth-order valence-electron chi connectivity index (χ4n) is 3.61. The van der Waals surface area contributed by atoms with Crippen molar-refractivity contribution in [1.29, 1.82) is 0 Å². The molecule has 5 rings (SSSR count). The van der Waals surface area contributed by atoms with Crippen molar-refractivity contribution < 1.29 is 4.42 Å². The average molecular weight is 311 g/mol. The van der Waals surface area contributed by atoms with E-state index < -0.39 is 0 Å². The lowest BCUT2D eigenvalue weighted by atomic mass is 9.82. The molecule has 2 unspecified atom stereocenters. The number of rotatable bonds is 2. The van der Waals surface area contributed by atoms with Gasteiger partial charge in [0.1, 0.15) is 11.2 Å². The van der Waals surface area contributed by atoms with Crippen molar-refractivity contribution in [3.05, 3.63) is 90.7 Å². The van der Waals surface area contributed by atoms with E-state index >= 15 is 0 Å². The summed E-state index contributed by atoms with van der Waals surface area (Å²) in [5.74, 6) is 0.823. The average Bonchev–Trinajstić information content (AvgIpc) is 3.00. The topological polar surface area (TPSA) is 25.2 Å². The van der Waals surface area contributed by atoms with E-state index in [4.69, 9.17) is 4.42 Å². The van der Waals surface area contributed by atoms with Gasteiger partial charge in [0, 0.05) is 40.1 Å². The van der Waals surface area contributed by atoms with Crippen LogP contribution in [0.25, 0.3) is 21.9 Å². The van der Waals surface area contributed by atoms with E-state index in [9.17, 15) is 0 Å². The summed E-state index contributed by atoms with van der Waals surface area (Å²) >= 11 is 0. The predicted octanol–water partition coefficient (Wildman–Crippen LogP) is 5.81. The van der Waals surface area contributed by atoms with Gasteiger partial charge < -0.3 is 9.73 Å². The second-order valence-electron chi connectivity index (χ2n) is 6.31. The van der Waals surface area contributed by atoms with Gasteiger partial charge in [-0.15, -0.1) is 0 Å². The van der Waals surface area contributed by atoms with E-state index in [0.29, 0.717) is 11.8 Å². The van der Waals surface area contributed by atoms with Gasteiger partial charge in [-0.1, -0.05) is 54.7 Å². The SMILES string of the molecule is C1=CC2C=CC=C(Nc3ccc4c(c3)oc3ccccc34)C2C=C1. The first-order valence-corrected chi connectivity index (χ1v) is 8.30. The second kappa shape index (κ2) is 5.27. The lowest BCUT2D eigenvalue weighted by Crippen LogP contribution is -2.20. The summed E-state index contributed by atoms with van der Waals surface area (Å²) in [6.45, 7) is 0. The maximum Gasteiger partial charge on any atom is 0.137 e. The summed E-state index contributed by atoms with van der Waals surface area (Å²) in [4.78, 5) is 0. The van der Waals surface area contributed by atoms with E-state index in [-0.39, 0.29) is 0 Å². The van der Waals surface area contributed by atoms with Crippen molar-refractivity contribution >= 4 is 27.6 Å². The van der Waals surface area contributed by atoms with Gasteiger partial charge in [0.15, 0.2) is 0 Å². The van der Waals surface area contributed by atoms with Crippen molar-refractivity contribution in [2.45, 2.75) is 0 Å². The number of furan rings is 1.